The highest BCUT2D eigenvalue weighted by Gasteiger charge is 2.09. The van der Waals surface area contributed by atoms with Crippen LogP contribution in [0.3, 0.4) is 0 Å². The van der Waals surface area contributed by atoms with E-state index in [2.05, 4.69) is 5.32 Å². The first-order valence-corrected chi connectivity index (χ1v) is 4.95. The molecule has 0 aromatic rings. The second kappa shape index (κ2) is 5.88. The lowest BCUT2D eigenvalue weighted by Gasteiger charge is -2.10. The molecular weight excluding hydrogens is 178 g/mol. The van der Waals surface area contributed by atoms with Crippen molar-refractivity contribution in [1.82, 2.24) is 5.32 Å². The number of carbonyl (C=O) groups is 2. The molecule has 2 N–H and O–H groups in total. The second-order valence-electron chi connectivity index (χ2n) is 2.50. The van der Waals surface area contributed by atoms with E-state index in [9.17, 15) is 9.59 Å². The summed E-state index contributed by atoms with van der Waals surface area (Å²) < 4.78 is 0. The molecule has 0 rings (SSSR count). The van der Waals surface area contributed by atoms with Gasteiger partial charge in [0.05, 0.1) is 12.2 Å². The summed E-state index contributed by atoms with van der Waals surface area (Å²) in [4.78, 5) is 21.1. The molecule has 70 valence electrons. The molecule has 0 aromatic carbocycles. The molecule has 0 saturated carbocycles. The lowest BCUT2D eigenvalue weighted by Crippen LogP contribution is -2.35. The summed E-state index contributed by atoms with van der Waals surface area (Å²) in [6.45, 7) is 1.67. The molecule has 0 saturated heterocycles. The molecule has 0 aromatic heterocycles. The fourth-order valence-corrected chi connectivity index (χ4v) is 1.11. The molecule has 12 heavy (non-hydrogen) atoms. The Labute approximate surface area is 75.7 Å². The van der Waals surface area contributed by atoms with Crippen LogP contribution in [0, 0.1) is 0 Å². The van der Waals surface area contributed by atoms with E-state index in [1.165, 1.54) is 11.8 Å². The summed E-state index contributed by atoms with van der Waals surface area (Å²) in [5, 5.41) is 10.9. The van der Waals surface area contributed by atoms with Crippen molar-refractivity contribution in [3.63, 3.8) is 0 Å². The summed E-state index contributed by atoms with van der Waals surface area (Å²) in [5.74, 6) is -0.632. The smallest absolute Gasteiger partial charge is 0.305 e. The number of thioether (sulfide) groups is 1. The van der Waals surface area contributed by atoms with Crippen LogP contribution in [-0.4, -0.2) is 35.0 Å². The minimum absolute atomic E-state index is 0.0277. The molecule has 5 heteroatoms. The van der Waals surface area contributed by atoms with Crippen molar-refractivity contribution in [2.45, 2.75) is 19.4 Å². The Morgan fingerprint density at radius 2 is 2.17 bits per heavy atom. The standard InChI is InChI=1S/C7H13NO3S/c1-5(3-7(10)11)8-6(9)4-12-2/h5H,3-4H2,1-2H3,(H,8,9)(H,10,11). The van der Waals surface area contributed by atoms with Gasteiger partial charge in [-0.25, -0.2) is 0 Å². The van der Waals surface area contributed by atoms with E-state index in [-0.39, 0.29) is 18.4 Å². The molecule has 1 atom stereocenters. The summed E-state index contributed by atoms with van der Waals surface area (Å²) in [5.41, 5.74) is 0. The predicted molar refractivity (Wildman–Crippen MR) is 48.2 cm³/mol. The zero-order valence-electron chi connectivity index (χ0n) is 7.16. The molecule has 0 radical (unpaired) electrons. The Bertz CT molecular complexity index is 172. The van der Waals surface area contributed by atoms with Gasteiger partial charge in [0.1, 0.15) is 0 Å². The number of aliphatic carboxylic acids is 1. The van der Waals surface area contributed by atoms with Gasteiger partial charge < -0.3 is 10.4 Å². The molecule has 0 heterocycles. The van der Waals surface area contributed by atoms with Crippen LogP contribution in [0.15, 0.2) is 0 Å². The van der Waals surface area contributed by atoms with Crippen LogP contribution in [0.25, 0.3) is 0 Å². The third kappa shape index (κ3) is 6.03. The molecule has 0 bridgehead atoms. The maximum atomic E-state index is 10.9. The van der Waals surface area contributed by atoms with Crippen molar-refractivity contribution < 1.29 is 14.7 Å². The monoisotopic (exact) mass is 191 g/mol. The van der Waals surface area contributed by atoms with Gasteiger partial charge in [0.15, 0.2) is 0 Å². The Morgan fingerprint density at radius 3 is 2.58 bits per heavy atom. The van der Waals surface area contributed by atoms with Crippen molar-refractivity contribution in [3.8, 4) is 0 Å². The molecule has 1 unspecified atom stereocenters. The van der Waals surface area contributed by atoms with Crippen LogP contribution >= 0.6 is 11.8 Å². The van der Waals surface area contributed by atoms with Gasteiger partial charge in [0.2, 0.25) is 5.91 Å². The van der Waals surface area contributed by atoms with Gasteiger partial charge in [-0.15, -0.1) is 0 Å². The topological polar surface area (TPSA) is 66.4 Å². The maximum absolute atomic E-state index is 10.9. The highest BCUT2D eigenvalue weighted by Crippen LogP contribution is 1.94. The molecule has 4 nitrogen and oxygen atoms in total. The Kier molecular flexibility index (Phi) is 5.53. The van der Waals surface area contributed by atoms with E-state index in [0.29, 0.717) is 5.75 Å². The summed E-state index contributed by atoms with van der Waals surface area (Å²) in [6, 6.07) is -0.290. The van der Waals surface area contributed by atoms with Crippen molar-refractivity contribution in [2.75, 3.05) is 12.0 Å². The highest BCUT2D eigenvalue weighted by molar-refractivity contribution is 7.99. The molecule has 0 fully saturated rings. The van der Waals surface area contributed by atoms with Crippen LogP contribution in [0.2, 0.25) is 0 Å². The second-order valence-corrected chi connectivity index (χ2v) is 3.37. The Morgan fingerprint density at radius 1 is 1.58 bits per heavy atom. The van der Waals surface area contributed by atoms with Crippen LogP contribution in [-0.2, 0) is 9.59 Å². The Balaban J connectivity index is 3.61. The average molecular weight is 191 g/mol. The SMILES string of the molecule is CSCC(=O)NC(C)CC(=O)O. The normalized spacial score (nSPS) is 12.2. The first-order valence-electron chi connectivity index (χ1n) is 3.56. The van der Waals surface area contributed by atoms with Crippen LogP contribution in [0.4, 0.5) is 0 Å². The largest absolute Gasteiger partial charge is 0.481 e. The maximum Gasteiger partial charge on any atom is 0.305 e. The van der Waals surface area contributed by atoms with Gasteiger partial charge in [0, 0.05) is 6.04 Å². The molecule has 0 spiro atoms. The summed E-state index contributed by atoms with van der Waals surface area (Å²) in [7, 11) is 0. The third-order valence-corrected chi connectivity index (χ3v) is 1.71. The lowest BCUT2D eigenvalue weighted by atomic mass is 10.2. The van der Waals surface area contributed by atoms with Gasteiger partial charge in [-0.1, -0.05) is 0 Å². The van der Waals surface area contributed by atoms with Crippen molar-refractivity contribution in [3.05, 3.63) is 0 Å². The number of nitrogens with one attached hydrogen (secondary N) is 1. The first-order chi connectivity index (χ1) is 5.56. The zero-order valence-corrected chi connectivity index (χ0v) is 7.98. The van der Waals surface area contributed by atoms with Crippen LogP contribution < -0.4 is 5.32 Å². The average Bonchev–Trinajstić information content (AvgIpc) is 1.84. The van der Waals surface area contributed by atoms with E-state index in [1.807, 2.05) is 6.26 Å². The third-order valence-electron chi connectivity index (χ3n) is 1.16. The van der Waals surface area contributed by atoms with Gasteiger partial charge in [-0.3, -0.25) is 9.59 Å². The van der Waals surface area contributed by atoms with Crippen molar-refractivity contribution >= 4 is 23.6 Å². The van der Waals surface area contributed by atoms with E-state index >= 15 is 0 Å². The minimum Gasteiger partial charge on any atom is -0.481 e. The van der Waals surface area contributed by atoms with E-state index < -0.39 is 5.97 Å². The number of carboxylic acid groups (broad SMARTS) is 1. The first kappa shape index (κ1) is 11.3. The molecule has 1 amide bonds. The number of carbonyl (C=O) groups excluding carboxylic acids is 1. The number of carboxylic acids is 1. The highest BCUT2D eigenvalue weighted by atomic mass is 32.2. The number of hydrogen-bond acceptors (Lipinski definition) is 3. The van der Waals surface area contributed by atoms with Crippen molar-refractivity contribution in [2.24, 2.45) is 0 Å². The number of rotatable bonds is 5. The van der Waals surface area contributed by atoms with Gasteiger partial charge in [0.25, 0.3) is 0 Å². The quantitative estimate of drug-likeness (QED) is 0.657. The minimum atomic E-state index is -0.896. The van der Waals surface area contributed by atoms with Gasteiger partial charge in [-0.2, -0.15) is 11.8 Å². The van der Waals surface area contributed by atoms with E-state index in [4.69, 9.17) is 5.11 Å². The molecule has 0 aliphatic heterocycles. The fraction of sp³-hybridized carbons (Fsp3) is 0.714. The molecular formula is C7H13NO3S. The molecule has 0 aliphatic rings. The fourth-order valence-electron chi connectivity index (χ4n) is 0.761. The van der Waals surface area contributed by atoms with Crippen molar-refractivity contribution in [1.29, 1.82) is 0 Å². The predicted octanol–water partition coefficient (Wildman–Crippen LogP) is 0.329. The van der Waals surface area contributed by atoms with E-state index in [1.54, 1.807) is 6.92 Å². The van der Waals surface area contributed by atoms with Gasteiger partial charge in [-0.05, 0) is 13.2 Å². The zero-order chi connectivity index (χ0) is 9.56. The number of amides is 1. The summed E-state index contributed by atoms with van der Waals surface area (Å²) >= 11 is 1.41. The van der Waals surface area contributed by atoms with Crippen LogP contribution in [0.1, 0.15) is 13.3 Å². The van der Waals surface area contributed by atoms with Crippen LogP contribution in [0.5, 0.6) is 0 Å². The lowest BCUT2D eigenvalue weighted by molar-refractivity contribution is -0.137. The Hall–Kier alpha value is -0.710. The molecule has 0 aliphatic carbocycles. The number of hydrogen-bond donors (Lipinski definition) is 2. The van der Waals surface area contributed by atoms with Gasteiger partial charge >= 0.3 is 5.97 Å². The van der Waals surface area contributed by atoms with E-state index in [0.717, 1.165) is 0 Å². The summed E-state index contributed by atoms with van der Waals surface area (Å²) in [6.07, 6.45) is 1.79.